The Morgan fingerprint density at radius 2 is 1.30 bits per heavy atom. The number of aromatic carboxylic acids is 2. The molecule has 0 atom stereocenters. The lowest BCUT2D eigenvalue weighted by molar-refractivity contribution is -0.120. The first-order valence-corrected chi connectivity index (χ1v) is 8.37. The van der Waals surface area contributed by atoms with Gasteiger partial charge in [0.1, 0.15) is 0 Å². The summed E-state index contributed by atoms with van der Waals surface area (Å²) in [6.07, 6.45) is 0. The molecule has 0 unspecified atom stereocenters. The standard InChI is InChI=1S/C14H9NO6S2/c16-11-9-10(23-2-1-22-9)12(17)15(11)8-4-6(13(18)19)3-7(5-8)14(20)21/h3-5H,1-2H2,(H,18,19)(H,20,21). The lowest BCUT2D eigenvalue weighted by Crippen LogP contribution is -2.31. The molecular formula is C14H9NO6S2. The number of carboxylic acids is 2. The van der Waals surface area contributed by atoms with Gasteiger partial charge in [0.2, 0.25) is 0 Å². The van der Waals surface area contributed by atoms with Crippen molar-refractivity contribution in [3.63, 3.8) is 0 Å². The summed E-state index contributed by atoms with van der Waals surface area (Å²) in [6.45, 7) is 0. The van der Waals surface area contributed by atoms with Crippen molar-refractivity contribution in [1.29, 1.82) is 0 Å². The molecule has 0 aliphatic carbocycles. The van der Waals surface area contributed by atoms with Crippen molar-refractivity contribution >= 4 is 53.0 Å². The summed E-state index contributed by atoms with van der Waals surface area (Å²) in [5.41, 5.74) is -0.649. The predicted molar refractivity (Wildman–Crippen MR) is 84.8 cm³/mol. The number of hydrogen-bond donors (Lipinski definition) is 2. The van der Waals surface area contributed by atoms with Gasteiger partial charge in [-0.3, -0.25) is 9.59 Å². The van der Waals surface area contributed by atoms with Gasteiger partial charge in [0.25, 0.3) is 11.8 Å². The summed E-state index contributed by atoms with van der Waals surface area (Å²) >= 11 is 2.56. The molecule has 9 heteroatoms. The van der Waals surface area contributed by atoms with E-state index in [2.05, 4.69) is 0 Å². The molecule has 118 valence electrons. The number of imide groups is 1. The molecule has 2 N–H and O–H groups in total. The number of rotatable bonds is 3. The normalized spacial score (nSPS) is 17.5. The highest BCUT2D eigenvalue weighted by Crippen LogP contribution is 2.42. The lowest BCUT2D eigenvalue weighted by atomic mass is 10.1. The van der Waals surface area contributed by atoms with Crippen LogP contribution >= 0.6 is 23.5 Å². The number of thioether (sulfide) groups is 2. The van der Waals surface area contributed by atoms with E-state index >= 15 is 0 Å². The topological polar surface area (TPSA) is 112 Å². The van der Waals surface area contributed by atoms with E-state index in [4.69, 9.17) is 10.2 Å². The second-order valence-electron chi connectivity index (χ2n) is 4.68. The molecule has 2 aliphatic rings. The van der Waals surface area contributed by atoms with Crippen LogP contribution in [0, 0.1) is 0 Å². The molecule has 3 rings (SSSR count). The van der Waals surface area contributed by atoms with Crippen LogP contribution in [0.5, 0.6) is 0 Å². The van der Waals surface area contributed by atoms with Gasteiger partial charge in [-0.05, 0) is 18.2 Å². The minimum Gasteiger partial charge on any atom is -0.478 e. The smallest absolute Gasteiger partial charge is 0.335 e. The van der Waals surface area contributed by atoms with Crippen LogP contribution in [0.1, 0.15) is 20.7 Å². The van der Waals surface area contributed by atoms with E-state index in [9.17, 15) is 19.2 Å². The Labute approximate surface area is 138 Å². The van der Waals surface area contributed by atoms with E-state index in [0.717, 1.165) is 23.1 Å². The number of carbonyl (C=O) groups is 4. The Bertz CT molecular complexity index is 740. The van der Waals surface area contributed by atoms with E-state index < -0.39 is 23.8 Å². The fraction of sp³-hybridized carbons (Fsp3) is 0.143. The maximum atomic E-state index is 12.4. The van der Waals surface area contributed by atoms with Gasteiger partial charge in [0.05, 0.1) is 26.6 Å². The van der Waals surface area contributed by atoms with Gasteiger partial charge in [-0.15, -0.1) is 23.5 Å². The third-order valence-corrected chi connectivity index (χ3v) is 5.79. The van der Waals surface area contributed by atoms with E-state index in [1.54, 1.807) is 0 Å². The van der Waals surface area contributed by atoms with Crippen LogP contribution in [0.3, 0.4) is 0 Å². The zero-order valence-corrected chi connectivity index (χ0v) is 13.1. The molecule has 2 heterocycles. The summed E-state index contributed by atoms with van der Waals surface area (Å²) in [5.74, 6) is -2.36. The Balaban J connectivity index is 2.09. The first-order valence-electron chi connectivity index (χ1n) is 6.40. The predicted octanol–water partition coefficient (Wildman–Crippen LogP) is 1.65. The van der Waals surface area contributed by atoms with Crippen molar-refractivity contribution in [2.75, 3.05) is 16.4 Å². The zero-order chi connectivity index (χ0) is 16.7. The first-order chi connectivity index (χ1) is 10.9. The number of nitrogens with zero attached hydrogens (tertiary/aromatic N) is 1. The van der Waals surface area contributed by atoms with E-state index in [-0.39, 0.29) is 16.8 Å². The van der Waals surface area contributed by atoms with Crippen LogP contribution in [0.25, 0.3) is 0 Å². The number of anilines is 1. The minimum absolute atomic E-state index is 0.0482. The van der Waals surface area contributed by atoms with Crippen LogP contribution in [0.2, 0.25) is 0 Å². The molecule has 2 aliphatic heterocycles. The molecule has 0 spiro atoms. The molecule has 0 radical (unpaired) electrons. The molecule has 0 saturated carbocycles. The zero-order valence-electron chi connectivity index (χ0n) is 11.4. The van der Waals surface area contributed by atoms with Gasteiger partial charge in [-0.2, -0.15) is 0 Å². The Morgan fingerprint density at radius 3 is 1.70 bits per heavy atom. The molecule has 0 fully saturated rings. The van der Waals surface area contributed by atoms with Gasteiger partial charge < -0.3 is 10.2 Å². The van der Waals surface area contributed by atoms with Crippen LogP contribution < -0.4 is 4.90 Å². The lowest BCUT2D eigenvalue weighted by Gasteiger charge is -2.16. The Hall–Kier alpha value is -2.26. The highest BCUT2D eigenvalue weighted by molar-refractivity contribution is 8.11. The maximum Gasteiger partial charge on any atom is 0.335 e. The van der Waals surface area contributed by atoms with Gasteiger partial charge in [0, 0.05) is 11.5 Å². The molecule has 0 bridgehead atoms. The third-order valence-electron chi connectivity index (χ3n) is 3.25. The maximum absolute atomic E-state index is 12.4. The summed E-state index contributed by atoms with van der Waals surface area (Å²) in [5, 5.41) is 18.2. The second-order valence-corrected chi connectivity index (χ2v) is 6.89. The molecule has 1 aromatic carbocycles. The SMILES string of the molecule is O=C(O)c1cc(C(=O)O)cc(N2C(=O)C3=C(SCCS3)C2=O)c1. The second kappa shape index (κ2) is 5.74. The molecule has 7 nitrogen and oxygen atoms in total. The largest absolute Gasteiger partial charge is 0.478 e. The summed E-state index contributed by atoms with van der Waals surface area (Å²) in [7, 11) is 0. The van der Waals surface area contributed by atoms with Crippen molar-refractivity contribution in [2.45, 2.75) is 0 Å². The number of amides is 2. The number of benzene rings is 1. The fourth-order valence-corrected chi connectivity index (χ4v) is 4.55. The van der Waals surface area contributed by atoms with Crippen molar-refractivity contribution in [3.05, 3.63) is 39.1 Å². The molecular weight excluding hydrogens is 342 g/mol. The Kier molecular flexibility index (Phi) is 3.90. The van der Waals surface area contributed by atoms with Crippen molar-refractivity contribution in [1.82, 2.24) is 0 Å². The number of carboxylic acid groups (broad SMARTS) is 2. The van der Waals surface area contributed by atoms with Crippen LogP contribution in [-0.4, -0.2) is 45.5 Å². The monoisotopic (exact) mass is 351 g/mol. The number of hydrogen-bond acceptors (Lipinski definition) is 6. The summed E-state index contributed by atoms with van der Waals surface area (Å²) in [6, 6.07) is 3.23. The third kappa shape index (κ3) is 2.62. The highest BCUT2D eigenvalue weighted by Gasteiger charge is 2.41. The fourth-order valence-electron chi connectivity index (χ4n) is 2.25. The van der Waals surface area contributed by atoms with Crippen LogP contribution in [0.15, 0.2) is 28.0 Å². The van der Waals surface area contributed by atoms with Crippen molar-refractivity contribution < 1.29 is 29.4 Å². The quantitative estimate of drug-likeness (QED) is 0.791. The van der Waals surface area contributed by atoms with Crippen LogP contribution in [-0.2, 0) is 9.59 Å². The van der Waals surface area contributed by atoms with Crippen molar-refractivity contribution in [3.8, 4) is 0 Å². The molecule has 0 aromatic heterocycles. The van der Waals surface area contributed by atoms with Gasteiger partial charge in [-0.1, -0.05) is 0 Å². The molecule has 1 aromatic rings. The average Bonchev–Trinajstić information content (AvgIpc) is 2.79. The van der Waals surface area contributed by atoms with Crippen molar-refractivity contribution in [2.24, 2.45) is 0 Å². The summed E-state index contributed by atoms with van der Waals surface area (Å²) < 4.78 is 0. The highest BCUT2D eigenvalue weighted by atomic mass is 32.2. The molecule has 0 saturated heterocycles. The average molecular weight is 351 g/mol. The minimum atomic E-state index is -1.34. The molecule has 2 amide bonds. The summed E-state index contributed by atoms with van der Waals surface area (Å²) in [4.78, 5) is 48.7. The van der Waals surface area contributed by atoms with E-state index in [0.29, 0.717) is 21.3 Å². The first kappa shape index (κ1) is 15.6. The van der Waals surface area contributed by atoms with Crippen LogP contribution in [0.4, 0.5) is 5.69 Å². The van der Waals surface area contributed by atoms with E-state index in [1.807, 2.05) is 0 Å². The van der Waals surface area contributed by atoms with Gasteiger partial charge >= 0.3 is 11.9 Å². The van der Waals surface area contributed by atoms with Gasteiger partial charge in [0.15, 0.2) is 0 Å². The van der Waals surface area contributed by atoms with Gasteiger partial charge in [-0.25, -0.2) is 14.5 Å². The molecule has 23 heavy (non-hydrogen) atoms. The van der Waals surface area contributed by atoms with E-state index in [1.165, 1.54) is 23.5 Å². The Morgan fingerprint density at radius 1 is 0.870 bits per heavy atom. The number of carbonyl (C=O) groups excluding carboxylic acids is 2.